The highest BCUT2D eigenvalue weighted by Gasteiger charge is 2.14. The number of nitrogens with zero attached hydrogens (tertiary/aromatic N) is 3. The van der Waals surface area contributed by atoms with E-state index in [4.69, 9.17) is 4.98 Å². The molecule has 28 heavy (non-hydrogen) atoms. The average molecular weight is 438 g/mol. The molecule has 1 aliphatic heterocycles. The normalized spacial score (nSPS) is 13.4. The van der Waals surface area contributed by atoms with Gasteiger partial charge in [0.2, 0.25) is 0 Å². The van der Waals surface area contributed by atoms with Crippen LogP contribution in [0.2, 0.25) is 0 Å². The lowest BCUT2D eigenvalue weighted by molar-refractivity contribution is 0.262. The standard InChI is InChI=1S/C21H20BrN5O/c22-16-6-8-17(9-7-16)24-21(28)25-18-5-3-4-15(14-18)20-23-11-10-19(26-20)27-12-1-2-13-27/h3-11,14H,1-2,12-13H2,(H2,24,25,28). The van der Waals surface area contributed by atoms with E-state index in [1.54, 1.807) is 6.20 Å². The summed E-state index contributed by atoms with van der Waals surface area (Å²) < 4.78 is 0.960. The quantitative estimate of drug-likeness (QED) is 0.591. The number of hydrogen-bond acceptors (Lipinski definition) is 4. The highest BCUT2D eigenvalue weighted by atomic mass is 79.9. The fraction of sp³-hybridized carbons (Fsp3) is 0.190. The molecule has 0 radical (unpaired) electrons. The summed E-state index contributed by atoms with van der Waals surface area (Å²) in [6, 6.07) is 16.6. The topological polar surface area (TPSA) is 70.2 Å². The van der Waals surface area contributed by atoms with Crippen LogP contribution in [-0.4, -0.2) is 29.1 Å². The summed E-state index contributed by atoms with van der Waals surface area (Å²) in [7, 11) is 0. The Morgan fingerprint density at radius 1 is 0.964 bits per heavy atom. The van der Waals surface area contributed by atoms with Gasteiger partial charge in [-0.25, -0.2) is 14.8 Å². The largest absolute Gasteiger partial charge is 0.357 e. The zero-order valence-electron chi connectivity index (χ0n) is 15.2. The van der Waals surface area contributed by atoms with Crippen molar-refractivity contribution in [2.75, 3.05) is 28.6 Å². The highest BCUT2D eigenvalue weighted by Crippen LogP contribution is 2.23. The van der Waals surface area contributed by atoms with Crippen molar-refractivity contribution in [3.05, 3.63) is 65.3 Å². The van der Waals surface area contributed by atoms with Crippen LogP contribution in [0.1, 0.15) is 12.8 Å². The van der Waals surface area contributed by atoms with Crippen LogP contribution >= 0.6 is 15.9 Å². The maximum atomic E-state index is 12.3. The smallest absolute Gasteiger partial charge is 0.323 e. The van der Waals surface area contributed by atoms with Gasteiger partial charge in [0, 0.05) is 40.7 Å². The first-order chi connectivity index (χ1) is 13.7. The molecule has 2 aromatic carbocycles. The summed E-state index contributed by atoms with van der Waals surface area (Å²) in [5, 5.41) is 5.67. The molecule has 1 fully saturated rings. The van der Waals surface area contributed by atoms with Crippen molar-refractivity contribution in [1.82, 2.24) is 9.97 Å². The molecule has 0 atom stereocenters. The summed E-state index contributed by atoms with van der Waals surface area (Å²) in [6.07, 6.45) is 4.19. The van der Waals surface area contributed by atoms with E-state index in [-0.39, 0.29) is 6.03 Å². The Hall–Kier alpha value is -2.93. The molecular formula is C21H20BrN5O. The van der Waals surface area contributed by atoms with Gasteiger partial charge >= 0.3 is 6.03 Å². The van der Waals surface area contributed by atoms with Crippen molar-refractivity contribution in [3.8, 4) is 11.4 Å². The lowest BCUT2D eigenvalue weighted by Gasteiger charge is -2.16. The Bertz CT molecular complexity index is 971. The SMILES string of the molecule is O=C(Nc1ccc(Br)cc1)Nc1cccc(-c2nccc(N3CCCC3)n2)c1. The van der Waals surface area contributed by atoms with Crippen LogP contribution in [0.5, 0.6) is 0 Å². The maximum Gasteiger partial charge on any atom is 0.323 e. The molecule has 1 saturated heterocycles. The summed E-state index contributed by atoms with van der Waals surface area (Å²) in [5.74, 6) is 1.61. The van der Waals surface area contributed by atoms with Gasteiger partial charge in [-0.05, 0) is 55.3 Å². The van der Waals surface area contributed by atoms with Crippen molar-refractivity contribution < 1.29 is 4.79 Å². The molecule has 6 nitrogen and oxygen atoms in total. The van der Waals surface area contributed by atoms with E-state index in [1.807, 2.05) is 54.6 Å². The van der Waals surface area contributed by atoms with Gasteiger partial charge in [0.15, 0.2) is 5.82 Å². The molecule has 2 amide bonds. The third-order valence-corrected chi connectivity index (χ3v) is 5.08. The Morgan fingerprint density at radius 3 is 2.50 bits per heavy atom. The first kappa shape index (κ1) is 18.4. The molecule has 2 N–H and O–H groups in total. The van der Waals surface area contributed by atoms with Crippen LogP contribution in [0.15, 0.2) is 65.3 Å². The molecule has 4 rings (SSSR count). The minimum absolute atomic E-state index is 0.300. The Kier molecular flexibility index (Phi) is 5.53. The van der Waals surface area contributed by atoms with Crippen molar-refractivity contribution in [3.63, 3.8) is 0 Å². The van der Waals surface area contributed by atoms with Gasteiger partial charge < -0.3 is 15.5 Å². The van der Waals surface area contributed by atoms with E-state index < -0.39 is 0 Å². The molecule has 1 aliphatic rings. The number of carbonyl (C=O) groups excluding carboxylic acids is 1. The van der Waals surface area contributed by atoms with E-state index in [0.717, 1.165) is 34.6 Å². The molecule has 0 aliphatic carbocycles. The minimum Gasteiger partial charge on any atom is -0.357 e. The summed E-state index contributed by atoms with van der Waals surface area (Å²) >= 11 is 3.38. The number of amides is 2. The van der Waals surface area contributed by atoms with Gasteiger partial charge in [0.05, 0.1) is 0 Å². The molecular weight excluding hydrogens is 418 g/mol. The highest BCUT2D eigenvalue weighted by molar-refractivity contribution is 9.10. The molecule has 0 unspecified atom stereocenters. The molecule has 1 aromatic heterocycles. The summed E-state index contributed by atoms with van der Waals surface area (Å²) in [4.78, 5) is 23.7. The maximum absolute atomic E-state index is 12.3. The zero-order chi connectivity index (χ0) is 19.3. The second kappa shape index (κ2) is 8.39. The van der Waals surface area contributed by atoms with Crippen LogP contribution in [0.3, 0.4) is 0 Å². The second-order valence-corrected chi connectivity index (χ2v) is 7.52. The number of benzene rings is 2. The van der Waals surface area contributed by atoms with Crippen molar-refractivity contribution in [2.24, 2.45) is 0 Å². The van der Waals surface area contributed by atoms with Crippen LogP contribution < -0.4 is 15.5 Å². The van der Waals surface area contributed by atoms with Gasteiger partial charge in [0.1, 0.15) is 5.82 Å². The zero-order valence-corrected chi connectivity index (χ0v) is 16.8. The molecule has 0 saturated carbocycles. The van der Waals surface area contributed by atoms with E-state index in [1.165, 1.54) is 12.8 Å². The van der Waals surface area contributed by atoms with E-state index in [0.29, 0.717) is 11.5 Å². The monoisotopic (exact) mass is 437 g/mol. The number of hydrogen-bond donors (Lipinski definition) is 2. The number of carbonyl (C=O) groups is 1. The number of nitrogens with one attached hydrogen (secondary N) is 2. The van der Waals surface area contributed by atoms with Gasteiger partial charge in [-0.3, -0.25) is 0 Å². The number of rotatable bonds is 4. The van der Waals surface area contributed by atoms with Crippen LogP contribution in [0, 0.1) is 0 Å². The van der Waals surface area contributed by atoms with Crippen LogP contribution in [0.25, 0.3) is 11.4 Å². The number of anilines is 3. The molecule has 2 heterocycles. The predicted octanol–water partition coefficient (Wildman–Crippen LogP) is 5.15. The van der Waals surface area contributed by atoms with E-state index in [2.05, 4.69) is 36.4 Å². The van der Waals surface area contributed by atoms with Crippen LogP contribution in [0.4, 0.5) is 22.0 Å². The summed E-state index contributed by atoms with van der Waals surface area (Å²) in [6.45, 7) is 2.07. The lowest BCUT2D eigenvalue weighted by Crippen LogP contribution is -2.19. The lowest BCUT2D eigenvalue weighted by atomic mass is 10.2. The third kappa shape index (κ3) is 4.48. The number of aromatic nitrogens is 2. The van der Waals surface area contributed by atoms with Gasteiger partial charge in [-0.15, -0.1) is 0 Å². The molecule has 3 aromatic rings. The van der Waals surface area contributed by atoms with Gasteiger partial charge in [-0.1, -0.05) is 28.1 Å². The van der Waals surface area contributed by atoms with Crippen molar-refractivity contribution in [1.29, 1.82) is 0 Å². The molecule has 142 valence electrons. The Balaban J connectivity index is 1.47. The predicted molar refractivity (Wildman–Crippen MR) is 116 cm³/mol. The van der Waals surface area contributed by atoms with E-state index >= 15 is 0 Å². The van der Waals surface area contributed by atoms with Crippen LogP contribution in [-0.2, 0) is 0 Å². The van der Waals surface area contributed by atoms with Crippen molar-refractivity contribution in [2.45, 2.75) is 12.8 Å². The number of halogens is 1. The third-order valence-electron chi connectivity index (χ3n) is 4.55. The fourth-order valence-corrected chi connectivity index (χ4v) is 3.44. The first-order valence-electron chi connectivity index (χ1n) is 9.19. The molecule has 0 spiro atoms. The summed E-state index contributed by atoms with van der Waals surface area (Å²) in [5.41, 5.74) is 2.27. The Morgan fingerprint density at radius 2 is 1.71 bits per heavy atom. The molecule has 7 heteroatoms. The van der Waals surface area contributed by atoms with Gasteiger partial charge in [-0.2, -0.15) is 0 Å². The Labute approximate surface area is 172 Å². The average Bonchev–Trinajstić information content (AvgIpc) is 3.25. The fourth-order valence-electron chi connectivity index (χ4n) is 3.17. The number of urea groups is 1. The van der Waals surface area contributed by atoms with Gasteiger partial charge in [0.25, 0.3) is 0 Å². The minimum atomic E-state index is -0.300. The second-order valence-electron chi connectivity index (χ2n) is 6.60. The van der Waals surface area contributed by atoms with E-state index in [9.17, 15) is 4.79 Å². The first-order valence-corrected chi connectivity index (χ1v) is 9.99. The van der Waals surface area contributed by atoms with Crippen molar-refractivity contribution >= 4 is 39.2 Å². The molecule has 0 bridgehead atoms.